The predicted octanol–water partition coefficient (Wildman–Crippen LogP) is 5.15. The van der Waals surface area contributed by atoms with Crippen molar-refractivity contribution in [2.45, 2.75) is 19.3 Å². The van der Waals surface area contributed by atoms with Gasteiger partial charge >= 0.3 is 0 Å². The summed E-state index contributed by atoms with van der Waals surface area (Å²) in [4.78, 5) is 22.5. The van der Waals surface area contributed by atoms with Gasteiger partial charge in [-0.1, -0.05) is 54.1 Å². The molecule has 8 nitrogen and oxygen atoms in total. The number of halogens is 1. The summed E-state index contributed by atoms with van der Waals surface area (Å²) >= 11 is 6.12. The van der Waals surface area contributed by atoms with Crippen LogP contribution in [0.5, 0.6) is 0 Å². The topological polar surface area (TPSA) is 98.5 Å². The monoisotopic (exact) mass is 489 g/mol. The first-order valence-electron chi connectivity index (χ1n) is 11.3. The first-order valence-corrected chi connectivity index (χ1v) is 11.6. The van der Waals surface area contributed by atoms with E-state index in [9.17, 15) is 15.2 Å². The minimum absolute atomic E-state index is 0.00834. The van der Waals surface area contributed by atoms with Gasteiger partial charge in [0.2, 0.25) is 0 Å². The lowest BCUT2D eigenvalue weighted by molar-refractivity contribution is -0.386. The maximum Gasteiger partial charge on any atom is 0.295 e. The van der Waals surface area contributed by atoms with E-state index in [4.69, 9.17) is 11.6 Å². The highest BCUT2D eigenvalue weighted by Gasteiger charge is 2.31. The summed E-state index contributed by atoms with van der Waals surface area (Å²) < 4.78 is 0. The van der Waals surface area contributed by atoms with E-state index in [0.717, 1.165) is 28.1 Å². The van der Waals surface area contributed by atoms with Crippen LogP contribution in [0.15, 0.2) is 79.3 Å². The summed E-state index contributed by atoms with van der Waals surface area (Å²) in [5, 5.41) is 23.0. The molecule has 1 atom stereocenters. The van der Waals surface area contributed by atoms with Crippen LogP contribution >= 0.6 is 11.6 Å². The van der Waals surface area contributed by atoms with Crippen molar-refractivity contribution in [3.05, 3.63) is 111 Å². The quantitative estimate of drug-likeness (QED) is 0.287. The third-order valence-corrected chi connectivity index (χ3v) is 6.60. The summed E-state index contributed by atoms with van der Waals surface area (Å²) in [5.41, 5.74) is 5.13. The molecule has 3 aromatic carbocycles. The summed E-state index contributed by atoms with van der Waals surface area (Å²) in [6.07, 6.45) is 2.26. The maximum atomic E-state index is 11.7. The maximum absolute atomic E-state index is 11.7. The standard InChI is InChI=1S/C26H24ClN5O3/c27-23-8-4-7-22(25(23)32(34)35)26(33)31-12-11-30(16-21-14-28-17-29-21)24-10-9-19(13-20(24)15-31)18-5-2-1-3-6-18/h1-10,13-14,17,26,33H,11-12,15-16H2,(H,28,29). The molecule has 35 heavy (non-hydrogen) atoms. The van der Waals surface area contributed by atoms with Crippen LogP contribution in [0, 0.1) is 10.1 Å². The first-order chi connectivity index (χ1) is 17.0. The van der Waals surface area contributed by atoms with Crippen molar-refractivity contribution in [1.29, 1.82) is 0 Å². The van der Waals surface area contributed by atoms with Crippen molar-refractivity contribution in [2.24, 2.45) is 0 Å². The molecule has 0 radical (unpaired) electrons. The largest absolute Gasteiger partial charge is 0.374 e. The second kappa shape index (κ2) is 9.87. The Balaban J connectivity index is 1.53. The number of H-pyrrole nitrogens is 1. The van der Waals surface area contributed by atoms with E-state index in [1.54, 1.807) is 24.7 Å². The fourth-order valence-electron chi connectivity index (χ4n) is 4.58. The SMILES string of the molecule is O=[N+]([O-])c1c(Cl)cccc1C(O)N1CCN(Cc2cnc[nH]2)c2ccc(-c3ccccc3)cc2C1. The third-order valence-electron chi connectivity index (χ3n) is 6.30. The lowest BCUT2D eigenvalue weighted by Crippen LogP contribution is -2.34. The minimum atomic E-state index is -1.19. The Labute approximate surface area is 207 Å². The number of nitro groups is 1. The number of para-hydroxylation sites is 1. The molecule has 4 aromatic rings. The number of fused-ring (bicyclic) bond motifs is 1. The molecule has 5 rings (SSSR count). The van der Waals surface area contributed by atoms with Crippen LogP contribution in [-0.4, -0.2) is 38.0 Å². The lowest BCUT2D eigenvalue weighted by atomic mass is 10.0. The number of rotatable bonds is 6. The highest BCUT2D eigenvalue weighted by atomic mass is 35.5. The van der Waals surface area contributed by atoms with Gasteiger partial charge in [0.1, 0.15) is 11.3 Å². The highest BCUT2D eigenvalue weighted by molar-refractivity contribution is 6.32. The summed E-state index contributed by atoms with van der Waals surface area (Å²) in [6.45, 7) is 2.15. The Morgan fingerprint density at radius 1 is 1.09 bits per heavy atom. The van der Waals surface area contributed by atoms with Crippen LogP contribution in [0.25, 0.3) is 11.1 Å². The number of nitro benzene ring substituents is 1. The van der Waals surface area contributed by atoms with Gasteiger partial charge in [-0.2, -0.15) is 0 Å². The average molecular weight is 490 g/mol. The summed E-state index contributed by atoms with van der Waals surface area (Å²) in [6, 6.07) is 21.1. The molecule has 0 amide bonds. The molecule has 1 aliphatic rings. The normalized spacial score (nSPS) is 14.9. The van der Waals surface area contributed by atoms with E-state index in [1.165, 1.54) is 6.07 Å². The molecule has 1 aromatic heterocycles. The second-order valence-corrected chi connectivity index (χ2v) is 8.89. The minimum Gasteiger partial charge on any atom is -0.374 e. The number of anilines is 1. The van der Waals surface area contributed by atoms with E-state index in [1.807, 2.05) is 23.1 Å². The predicted molar refractivity (Wildman–Crippen MR) is 135 cm³/mol. The lowest BCUT2D eigenvalue weighted by Gasteiger charge is -2.27. The number of nitrogens with one attached hydrogen (secondary N) is 1. The molecular formula is C26H24ClN5O3. The van der Waals surface area contributed by atoms with Crippen molar-refractivity contribution in [3.63, 3.8) is 0 Å². The van der Waals surface area contributed by atoms with Crippen LogP contribution in [0.1, 0.15) is 23.0 Å². The van der Waals surface area contributed by atoms with E-state index in [0.29, 0.717) is 26.2 Å². The molecule has 0 bridgehead atoms. The zero-order valence-corrected chi connectivity index (χ0v) is 19.6. The van der Waals surface area contributed by atoms with E-state index in [2.05, 4.69) is 45.2 Å². The molecule has 9 heteroatoms. The van der Waals surface area contributed by atoms with Gasteiger partial charge in [-0.05, 0) is 41.0 Å². The highest BCUT2D eigenvalue weighted by Crippen LogP contribution is 2.37. The van der Waals surface area contributed by atoms with Crippen LogP contribution < -0.4 is 4.90 Å². The van der Waals surface area contributed by atoms with Gasteiger partial charge in [0, 0.05) is 31.5 Å². The van der Waals surface area contributed by atoms with Gasteiger partial charge in [-0.3, -0.25) is 15.0 Å². The van der Waals surface area contributed by atoms with E-state index >= 15 is 0 Å². The molecule has 178 valence electrons. The van der Waals surface area contributed by atoms with Crippen LogP contribution in [0.4, 0.5) is 11.4 Å². The Morgan fingerprint density at radius 3 is 2.66 bits per heavy atom. The number of imidazole rings is 1. The van der Waals surface area contributed by atoms with Gasteiger partial charge in [0.25, 0.3) is 5.69 Å². The smallest absolute Gasteiger partial charge is 0.295 e. The summed E-state index contributed by atoms with van der Waals surface area (Å²) in [7, 11) is 0. The molecule has 1 unspecified atom stereocenters. The van der Waals surface area contributed by atoms with Crippen molar-refractivity contribution in [2.75, 3.05) is 18.0 Å². The molecule has 0 spiro atoms. The zero-order valence-electron chi connectivity index (χ0n) is 18.8. The fourth-order valence-corrected chi connectivity index (χ4v) is 4.83. The zero-order chi connectivity index (χ0) is 24.4. The molecule has 2 heterocycles. The van der Waals surface area contributed by atoms with Crippen LogP contribution in [0.2, 0.25) is 5.02 Å². The molecule has 0 saturated heterocycles. The Kier molecular flexibility index (Phi) is 6.50. The fraction of sp³-hybridized carbons (Fsp3) is 0.192. The average Bonchev–Trinajstić information content (AvgIpc) is 3.31. The molecule has 2 N–H and O–H groups in total. The van der Waals surface area contributed by atoms with Crippen molar-refractivity contribution >= 4 is 23.0 Å². The van der Waals surface area contributed by atoms with Gasteiger partial charge in [-0.15, -0.1) is 0 Å². The number of benzene rings is 3. The molecule has 1 aliphatic heterocycles. The number of aromatic amines is 1. The van der Waals surface area contributed by atoms with Crippen LogP contribution in [0.3, 0.4) is 0 Å². The Morgan fingerprint density at radius 2 is 1.91 bits per heavy atom. The second-order valence-electron chi connectivity index (χ2n) is 8.49. The number of nitrogens with zero attached hydrogens (tertiary/aromatic N) is 4. The first kappa shape index (κ1) is 23.0. The number of hydrogen-bond acceptors (Lipinski definition) is 6. The van der Waals surface area contributed by atoms with Crippen molar-refractivity contribution in [3.8, 4) is 11.1 Å². The number of aromatic nitrogens is 2. The summed E-state index contributed by atoms with van der Waals surface area (Å²) in [5.74, 6) is 0. The Bertz CT molecular complexity index is 1330. The number of aliphatic hydroxyl groups excluding tert-OH is 1. The van der Waals surface area contributed by atoms with Crippen molar-refractivity contribution in [1.82, 2.24) is 14.9 Å². The van der Waals surface area contributed by atoms with Crippen LogP contribution in [-0.2, 0) is 13.1 Å². The van der Waals surface area contributed by atoms with Gasteiger partial charge in [0.05, 0.1) is 29.1 Å². The molecular weight excluding hydrogens is 466 g/mol. The van der Waals surface area contributed by atoms with Gasteiger partial charge in [0.15, 0.2) is 0 Å². The number of hydrogen-bond donors (Lipinski definition) is 2. The van der Waals surface area contributed by atoms with Crippen molar-refractivity contribution < 1.29 is 10.0 Å². The van der Waals surface area contributed by atoms with Gasteiger partial charge in [-0.25, -0.2) is 4.98 Å². The van der Waals surface area contributed by atoms with E-state index < -0.39 is 11.2 Å². The molecule has 0 fully saturated rings. The Hall–Kier alpha value is -3.72. The van der Waals surface area contributed by atoms with E-state index in [-0.39, 0.29) is 16.3 Å². The molecule has 0 saturated carbocycles. The third kappa shape index (κ3) is 4.77. The van der Waals surface area contributed by atoms with Gasteiger partial charge < -0.3 is 15.0 Å². The molecule has 0 aliphatic carbocycles. The number of aliphatic hydroxyl groups is 1.